The van der Waals surface area contributed by atoms with Gasteiger partial charge in [-0.25, -0.2) is 0 Å². The number of carbonyl (C=O) groups is 2. The fourth-order valence-electron chi connectivity index (χ4n) is 2.60. The van der Waals surface area contributed by atoms with Gasteiger partial charge in [-0.05, 0) is 49.9 Å². The summed E-state index contributed by atoms with van der Waals surface area (Å²) in [5.41, 5.74) is 3.07. The minimum Gasteiger partial charge on any atom is -0.371 e. The third kappa shape index (κ3) is 5.75. The zero-order valence-corrected chi connectivity index (χ0v) is 16.9. The summed E-state index contributed by atoms with van der Waals surface area (Å²) in [7, 11) is 0. The Morgan fingerprint density at radius 2 is 1.96 bits per heavy atom. The Morgan fingerprint density at radius 1 is 1.19 bits per heavy atom. The number of aryl methyl sites for hydroxylation is 2. The summed E-state index contributed by atoms with van der Waals surface area (Å²) in [4.78, 5) is 24.0. The molecule has 3 rings (SSSR count). The van der Waals surface area contributed by atoms with Crippen LogP contribution in [-0.2, 0) is 14.3 Å². The first-order valence-corrected chi connectivity index (χ1v) is 10.7. The average molecular weight is 407 g/mol. The molecule has 27 heavy (non-hydrogen) atoms. The number of thioether (sulfide) groups is 1. The Kier molecular flexibility index (Phi) is 6.81. The zero-order valence-electron chi connectivity index (χ0n) is 15.3. The highest BCUT2D eigenvalue weighted by atomic mass is 32.2. The normalized spacial score (nSPS) is 16.3. The molecule has 0 aliphatic carbocycles. The van der Waals surface area contributed by atoms with E-state index >= 15 is 0 Å². The van der Waals surface area contributed by atoms with Crippen molar-refractivity contribution in [3.63, 3.8) is 0 Å². The SMILES string of the molecule is Cc1ccc(NC(=O)CSCC(=O)Nc2nnc(C3CCCO3)s2)cc1C. The van der Waals surface area contributed by atoms with Crippen molar-refractivity contribution in [2.45, 2.75) is 32.8 Å². The fraction of sp³-hybridized carbons (Fsp3) is 0.444. The van der Waals surface area contributed by atoms with Gasteiger partial charge in [-0.2, -0.15) is 0 Å². The molecule has 0 radical (unpaired) electrons. The Bertz CT molecular complexity index is 819. The molecular formula is C18H22N4O3S2. The summed E-state index contributed by atoms with van der Waals surface area (Å²) in [6.07, 6.45) is 1.96. The van der Waals surface area contributed by atoms with Gasteiger partial charge in [0.25, 0.3) is 0 Å². The molecule has 2 N–H and O–H groups in total. The number of benzene rings is 1. The lowest BCUT2D eigenvalue weighted by Crippen LogP contribution is -2.18. The first-order valence-electron chi connectivity index (χ1n) is 8.71. The minimum absolute atomic E-state index is 0.00312. The van der Waals surface area contributed by atoms with Crippen molar-refractivity contribution in [3.05, 3.63) is 34.3 Å². The molecular weight excluding hydrogens is 384 g/mol. The Balaban J connectivity index is 1.38. The van der Waals surface area contributed by atoms with Crippen LogP contribution < -0.4 is 10.6 Å². The van der Waals surface area contributed by atoms with Gasteiger partial charge in [0, 0.05) is 12.3 Å². The van der Waals surface area contributed by atoms with Crippen molar-refractivity contribution < 1.29 is 14.3 Å². The van der Waals surface area contributed by atoms with Gasteiger partial charge in [-0.15, -0.1) is 22.0 Å². The standard InChI is InChI=1S/C18H22N4O3S2/c1-11-5-6-13(8-12(11)2)19-15(23)9-26-10-16(24)20-18-22-21-17(27-18)14-4-3-7-25-14/h5-6,8,14H,3-4,7,9-10H2,1-2H3,(H,19,23)(H,20,22,24). The Labute approximate surface area is 166 Å². The fourth-order valence-corrected chi connectivity index (χ4v) is 4.06. The van der Waals surface area contributed by atoms with Crippen molar-refractivity contribution in [1.29, 1.82) is 0 Å². The number of carbonyl (C=O) groups excluding carboxylic acids is 2. The summed E-state index contributed by atoms with van der Waals surface area (Å²) < 4.78 is 5.56. The summed E-state index contributed by atoms with van der Waals surface area (Å²) >= 11 is 2.59. The number of anilines is 2. The first kappa shape index (κ1) is 19.8. The topological polar surface area (TPSA) is 93.2 Å². The van der Waals surface area contributed by atoms with E-state index in [0.717, 1.165) is 35.7 Å². The molecule has 9 heteroatoms. The number of rotatable bonds is 7. The van der Waals surface area contributed by atoms with Crippen LogP contribution >= 0.6 is 23.1 Å². The van der Waals surface area contributed by atoms with E-state index in [9.17, 15) is 9.59 Å². The molecule has 7 nitrogen and oxygen atoms in total. The van der Waals surface area contributed by atoms with Crippen LogP contribution in [0.1, 0.15) is 35.1 Å². The van der Waals surface area contributed by atoms with Crippen molar-refractivity contribution in [2.75, 3.05) is 28.7 Å². The third-order valence-electron chi connectivity index (χ3n) is 4.15. The van der Waals surface area contributed by atoms with E-state index in [-0.39, 0.29) is 29.4 Å². The first-order chi connectivity index (χ1) is 13.0. The number of hydrogen-bond donors (Lipinski definition) is 2. The number of nitrogens with zero attached hydrogens (tertiary/aromatic N) is 2. The second-order valence-electron chi connectivity index (χ2n) is 6.34. The summed E-state index contributed by atoms with van der Waals surface area (Å²) in [5, 5.41) is 14.9. The largest absolute Gasteiger partial charge is 0.371 e. The van der Waals surface area contributed by atoms with Gasteiger partial charge in [0.05, 0.1) is 11.5 Å². The number of amides is 2. The molecule has 0 bridgehead atoms. The van der Waals surface area contributed by atoms with E-state index in [1.54, 1.807) is 0 Å². The van der Waals surface area contributed by atoms with Crippen LogP contribution in [0.5, 0.6) is 0 Å². The molecule has 0 saturated carbocycles. The lowest BCUT2D eigenvalue weighted by Gasteiger charge is -2.07. The minimum atomic E-state index is -0.200. The van der Waals surface area contributed by atoms with E-state index in [4.69, 9.17) is 4.74 Å². The maximum atomic E-state index is 12.0. The third-order valence-corrected chi connectivity index (χ3v) is 6.01. The van der Waals surface area contributed by atoms with E-state index in [1.165, 1.54) is 28.7 Å². The highest BCUT2D eigenvalue weighted by Gasteiger charge is 2.22. The number of hydrogen-bond acceptors (Lipinski definition) is 7. The zero-order chi connectivity index (χ0) is 19.2. The number of aromatic nitrogens is 2. The Hall–Kier alpha value is -1.97. The van der Waals surface area contributed by atoms with Crippen molar-refractivity contribution in [1.82, 2.24) is 10.2 Å². The van der Waals surface area contributed by atoms with E-state index in [2.05, 4.69) is 20.8 Å². The predicted molar refractivity (Wildman–Crippen MR) is 108 cm³/mol. The van der Waals surface area contributed by atoms with Crippen LogP contribution in [0.25, 0.3) is 0 Å². The van der Waals surface area contributed by atoms with Gasteiger partial charge >= 0.3 is 0 Å². The van der Waals surface area contributed by atoms with Crippen LogP contribution in [0.15, 0.2) is 18.2 Å². The highest BCUT2D eigenvalue weighted by Crippen LogP contribution is 2.31. The van der Waals surface area contributed by atoms with Crippen molar-refractivity contribution in [2.24, 2.45) is 0 Å². The summed E-state index contributed by atoms with van der Waals surface area (Å²) in [6, 6.07) is 5.78. The molecule has 144 valence electrons. The van der Waals surface area contributed by atoms with Crippen LogP contribution in [0.3, 0.4) is 0 Å². The van der Waals surface area contributed by atoms with Crippen LogP contribution in [-0.4, -0.2) is 40.1 Å². The number of nitrogens with one attached hydrogen (secondary N) is 2. The monoisotopic (exact) mass is 406 g/mol. The van der Waals surface area contributed by atoms with E-state index in [1.807, 2.05) is 32.0 Å². The summed E-state index contributed by atoms with van der Waals surface area (Å²) in [6.45, 7) is 4.77. The quantitative estimate of drug-likeness (QED) is 0.733. The van der Waals surface area contributed by atoms with Gasteiger partial charge in [0.15, 0.2) is 0 Å². The molecule has 1 aromatic heterocycles. The van der Waals surface area contributed by atoms with Crippen molar-refractivity contribution in [3.8, 4) is 0 Å². The van der Waals surface area contributed by atoms with Gasteiger partial charge < -0.3 is 10.1 Å². The van der Waals surface area contributed by atoms with E-state index in [0.29, 0.717) is 5.13 Å². The average Bonchev–Trinajstić information content (AvgIpc) is 3.29. The smallest absolute Gasteiger partial charge is 0.236 e. The molecule has 2 heterocycles. The lowest BCUT2D eigenvalue weighted by atomic mass is 10.1. The second-order valence-corrected chi connectivity index (χ2v) is 8.33. The maximum Gasteiger partial charge on any atom is 0.236 e. The predicted octanol–water partition coefficient (Wildman–Crippen LogP) is 3.32. The lowest BCUT2D eigenvalue weighted by molar-refractivity contribution is -0.114. The molecule has 1 aliphatic heterocycles. The molecule has 1 fully saturated rings. The molecule has 1 saturated heterocycles. The molecule has 2 aromatic rings. The molecule has 1 atom stereocenters. The summed E-state index contributed by atoms with van der Waals surface area (Å²) in [5.74, 6) is 0.0500. The second kappa shape index (κ2) is 9.29. The van der Waals surface area contributed by atoms with Gasteiger partial charge in [-0.3, -0.25) is 14.9 Å². The van der Waals surface area contributed by atoms with Gasteiger partial charge in [0.1, 0.15) is 11.1 Å². The Morgan fingerprint density at radius 3 is 2.67 bits per heavy atom. The maximum absolute atomic E-state index is 12.0. The number of ether oxygens (including phenoxy) is 1. The van der Waals surface area contributed by atoms with Gasteiger partial charge in [-0.1, -0.05) is 17.4 Å². The van der Waals surface area contributed by atoms with Crippen molar-refractivity contribution >= 4 is 45.7 Å². The molecule has 0 spiro atoms. The van der Waals surface area contributed by atoms with Crippen LogP contribution in [0.4, 0.5) is 10.8 Å². The van der Waals surface area contributed by atoms with Crippen LogP contribution in [0, 0.1) is 13.8 Å². The van der Waals surface area contributed by atoms with Gasteiger partial charge in [0.2, 0.25) is 16.9 Å². The van der Waals surface area contributed by atoms with Crippen LogP contribution in [0.2, 0.25) is 0 Å². The van der Waals surface area contributed by atoms with E-state index < -0.39 is 0 Å². The molecule has 2 amide bonds. The molecule has 1 unspecified atom stereocenters. The highest BCUT2D eigenvalue weighted by molar-refractivity contribution is 8.00. The molecule has 1 aliphatic rings. The molecule has 1 aromatic carbocycles.